The average molecular weight is 277 g/mol. The molecule has 1 aliphatic rings. The quantitative estimate of drug-likeness (QED) is 0.867. The Balaban J connectivity index is 1.95. The monoisotopic (exact) mass is 277 g/mol. The molecule has 1 saturated carbocycles. The van der Waals surface area contributed by atoms with Gasteiger partial charge in [0.25, 0.3) is 0 Å². The van der Waals surface area contributed by atoms with Crippen molar-refractivity contribution in [1.29, 1.82) is 0 Å². The molecular formula is C16H23NO3. The Kier molecular flexibility index (Phi) is 4.65. The van der Waals surface area contributed by atoms with Gasteiger partial charge in [-0.25, -0.2) is 0 Å². The van der Waals surface area contributed by atoms with E-state index in [0.29, 0.717) is 18.2 Å². The Hall–Kier alpha value is -1.55. The van der Waals surface area contributed by atoms with E-state index in [1.165, 1.54) is 0 Å². The van der Waals surface area contributed by atoms with Crippen LogP contribution in [0, 0.1) is 11.8 Å². The van der Waals surface area contributed by atoms with Gasteiger partial charge in [0.1, 0.15) is 5.75 Å². The number of methoxy groups -OCH3 is 1. The third-order valence-electron chi connectivity index (χ3n) is 4.02. The molecule has 0 aliphatic heterocycles. The molecular weight excluding hydrogens is 254 g/mol. The molecule has 4 nitrogen and oxygen atoms in total. The lowest BCUT2D eigenvalue weighted by Crippen LogP contribution is -2.35. The summed E-state index contributed by atoms with van der Waals surface area (Å²) in [4.78, 5) is 13.8. The summed E-state index contributed by atoms with van der Waals surface area (Å²) < 4.78 is 5.14. The number of amides is 1. The van der Waals surface area contributed by atoms with E-state index in [1.807, 2.05) is 25.1 Å². The van der Waals surface area contributed by atoms with Crippen LogP contribution in [0.2, 0.25) is 0 Å². The molecule has 1 aromatic rings. The molecule has 2 atom stereocenters. The number of nitrogens with zero attached hydrogens (tertiary/aromatic N) is 1. The summed E-state index contributed by atoms with van der Waals surface area (Å²) in [5, 5.41) is 10.2. The van der Waals surface area contributed by atoms with Crippen LogP contribution in [0.25, 0.3) is 0 Å². The number of hydrogen-bond acceptors (Lipinski definition) is 3. The Morgan fingerprint density at radius 3 is 2.80 bits per heavy atom. The van der Waals surface area contributed by atoms with Crippen LogP contribution in [0.15, 0.2) is 24.3 Å². The highest BCUT2D eigenvalue weighted by atomic mass is 16.5. The van der Waals surface area contributed by atoms with Gasteiger partial charge in [0.05, 0.1) is 19.8 Å². The van der Waals surface area contributed by atoms with E-state index in [2.05, 4.69) is 0 Å². The largest absolute Gasteiger partial charge is 0.497 e. The third kappa shape index (κ3) is 3.51. The molecule has 20 heavy (non-hydrogen) atoms. The van der Waals surface area contributed by atoms with E-state index in [9.17, 15) is 9.90 Å². The van der Waals surface area contributed by atoms with E-state index in [0.717, 1.165) is 18.4 Å². The summed E-state index contributed by atoms with van der Waals surface area (Å²) in [7, 11) is 3.35. The van der Waals surface area contributed by atoms with Crippen molar-refractivity contribution < 1.29 is 14.6 Å². The average Bonchev–Trinajstić information content (AvgIpc) is 3.30. The normalized spacial score (nSPS) is 17.4. The van der Waals surface area contributed by atoms with E-state index < -0.39 is 6.10 Å². The highest BCUT2D eigenvalue weighted by Gasteiger charge is 2.34. The Labute approximate surface area is 120 Å². The fraction of sp³-hybridized carbons (Fsp3) is 0.562. The number of rotatable bonds is 6. The lowest BCUT2D eigenvalue weighted by atomic mass is 10.0. The van der Waals surface area contributed by atoms with Crippen molar-refractivity contribution in [2.24, 2.45) is 11.8 Å². The van der Waals surface area contributed by atoms with Gasteiger partial charge in [-0.2, -0.15) is 0 Å². The first-order valence-electron chi connectivity index (χ1n) is 7.10. The van der Waals surface area contributed by atoms with Crippen LogP contribution >= 0.6 is 0 Å². The maximum absolute atomic E-state index is 12.2. The molecule has 1 aromatic carbocycles. The van der Waals surface area contributed by atoms with Crippen LogP contribution in [-0.4, -0.2) is 36.6 Å². The van der Waals surface area contributed by atoms with Crippen LogP contribution in [0.1, 0.15) is 31.4 Å². The number of aliphatic hydroxyl groups excluding tert-OH is 1. The molecule has 1 aliphatic carbocycles. The zero-order valence-corrected chi connectivity index (χ0v) is 12.4. The number of likely N-dealkylation sites (N-methyl/N-ethyl adjacent to an activating group) is 1. The standard InChI is InChI=1S/C16H23NO3/c1-11(12-7-8-12)16(19)17(2)10-15(18)13-5-4-6-14(9-13)20-3/h4-6,9,11-12,15,18H,7-8,10H2,1-3H3. The molecule has 1 amide bonds. The van der Waals surface area contributed by atoms with Crippen LogP contribution in [-0.2, 0) is 4.79 Å². The second kappa shape index (κ2) is 6.27. The SMILES string of the molecule is COc1cccc(C(O)CN(C)C(=O)C(C)C2CC2)c1. The number of carbonyl (C=O) groups is 1. The molecule has 2 rings (SSSR count). The molecule has 0 aromatic heterocycles. The number of aliphatic hydroxyl groups is 1. The predicted octanol–water partition coefficient (Wildman–Crippen LogP) is 2.23. The summed E-state index contributed by atoms with van der Waals surface area (Å²) in [5.74, 6) is 1.44. The number of hydrogen-bond donors (Lipinski definition) is 1. The van der Waals surface area contributed by atoms with E-state index >= 15 is 0 Å². The highest BCUT2D eigenvalue weighted by Crippen LogP contribution is 2.37. The van der Waals surface area contributed by atoms with Crippen molar-refractivity contribution in [2.75, 3.05) is 20.7 Å². The van der Waals surface area contributed by atoms with Gasteiger partial charge < -0.3 is 14.7 Å². The van der Waals surface area contributed by atoms with Gasteiger partial charge in [0.15, 0.2) is 0 Å². The zero-order valence-electron chi connectivity index (χ0n) is 12.4. The number of benzene rings is 1. The molecule has 0 radical (unpaired) electrons. The van der Waals surface area contributed by atoms with Gasteiger partial charge in [0.2, 0.25) is 5.91 Å². The van der Waals surface area contributed by atoms with Gasteiger partial charge in [0, 0.05) is 13.0 Å². The van der Waals surface area contributed by atoms with Crippen molar-refractivity contribution in [2.45, 2.75) is 25.9 Å². The maximum Gasteiger partial charge on any atom is 0.225 e. The molecule has 1 fully saturated rings. The first-order chi connectivity index (χ1) is 9.52. The fourth-order valence-corrected chi connectivity index (χ4v) is 2.45. The molecule has 0 heterocycles. The summed E-state index contributed by atoms with van der Waals surface area (Å²) in [6.45, 7) is 2.29. The maximum atomic E-state index is 12.2. The fourth-order valence-electron chi connectivity index (χ4n) is 2.45. The summed E-state index contributed by atoms with van der Waals surface area (Å²) in [6, 6.07) is 7.31. The minimum atomic E-state index is -0.689. The van der Waals surface area contributed by atoms with Gasteiger partial charge in [-0.3, -0.25) is 4.79 Å². The van der Waals surface area contributed by atoms with Gasteiger partial charge in [-0.15, -0.1) is 0 Å². The van der Waals surface area contributed by atoms with Crippen molar-refractivity contribution in [3.05, 3.63) is 29.8 Å². The van der Waals surface area contributed by atoms with Crippen molar-refractivity contribution in [3.63, 3.8) is 0 Å². The number of carbonyl (C=O) groups excluding carboxylic acids is 1. The molecule has 2 unspecified atom stereocenters. The first-order valence-corrected chi connectivity index (χ1v) is 7.10. The van der Waals surface area contributed by atoms with Crippen molar-refractivity contribution in [3.8, 4) is 5.75 Å². The smallest absolute Gasteiger partial charge is 0.225 e. The molecule has 110 valence electrons. The summed E-state index contributed by atoms with van der Waals surface area (Å²) >= 11 is 0. The minimum Gasteiger partial charge on any atom is -0.497 e. The lowest BCUT2D eigenvalue weighted by Gasteiger charge is -2.24. The summed E-state index contributed by atoms with van der Waals surface area (Å²) in [5.41, 5.74) is 0.767. The van der Waals surface area contributed by atoms with E-state index in [4.69, 9.17) is 4.74 Å². The topological polar surface area (TPSA) is 49.8 Å². The van der Waals surface area contributed by atoms with Crippen LogP contribution in [0.5, 0.6) is 5.75 Å². The molecule has 0 saturated heterocycles. The van der Waals surface area contributed by atoms with Crippen molar-refractivity contribution in [1.82, 2.24) is 4.90 Å². The van der Waals surface area contributed by atoms with Crippen molar-refractivity contribution >= 4 is 5.91 Å². The lowest BCUT2D eigenvalue weighted by molar-refractivity contribution is -0.135. The van der Waals surface area contributed by atoms with Gasteiger partial charge in [-0.05, 0) is 36.5 Å². The molecule has 0 spiro atoms. The Morgan fingerprint density at radius 2 is 2.20 bits per heavy atom. The Bertz CT molecular complexity index is 471. The van der Waals surface area contributed by atoms with Gasteiger partial charge >= 0.3 is 0 Å². The van der Waals surface area contributed by atoms with Crippen LogP contribution < -0.4 is 4.74 Å². The second-order valence-electron chi connectivity index (χ2n) is 5.64. The first kappa shape index (κ1) is 14.9. The van der Waals surface area contributed by atoms with Crippen LogP contribution in [0.4, 0.5) is 0 Å². The van der Waals surface area contributed by atoms with Gasteiger partial charge in [-0.1, -0.05) is 19.1 Å². The molecule has 0 bridgehead atoms. The number of ether oxygens (including phenoxy) is 1. The molecule has 4 heteroatoms. The van der Waals surface area contributed by atoms with E-state index in [-0.39, 0.29) is 11.8 Å². The zero-order chi connectivity index (χ0) is 14.7. The third-order valence-corrected chi connectivity index (χ3v) is 4.02. The Morgan fingerprint density at radius 1 is 1.50 bits per heavy atom. The predicted molar refractivity (Wildman–Crippen MR) is 77.5 cm³/mol. The molecule has 1 N–H and O–H groups in total. The van der Waals surface area contributed by atoms with E-state index in [1.54, 1.807) is 25.1 Å². The highest BCUT2D eigenvalue weighted by molar-refractivity contribution is 5.78. The van der Waals surface area contributed by atoms with Crippen LogP contribution in [0.3, 0.4) is 0 Å². The minimum absolute atomic E-state index is 0.0671. The second-order valence-corrected chi connectivity index (χ2v) is 5.64. The summed E-state index contributed by atoms with van der Waals surface area (Å²) in [6.07, 6.45) is 1.61.